The Balaban J connectivity index is 1.65. The van der Waals surface area contributed by atoms with Gasteiger partial charge in [-0.25, -0.2) is 4.79 Å². The summed E-state index contributed by atoms with van der Waals surface area (Å²) in [5.41, 5.74) is 1.59. The first kappa shape index (κ1) is 31.6. The second-order valence-corrected chi connectivity index (χ2v) is 11.9. The second-order valence-electron chi connectivity index (χ2n) is 11.9. The van der Waals surface area contributed by atoms with Gasteiger partial charge in [0.25, 0.3) is 5.91 Å². The minimum atomic E-state index is -0.747. The van der Waals surface area contributed by atoms with Gasteiger partial charge in [0.05, 0.1) is 42.5 Å². The third-order valence-electron chi connectivity index (χ3n) is 7.71. The number of likely N-dealkylation sites (tertiary alicyclic amines) is 1. The Morgan fingerprint density at radius 3 is 2.44 bits per heavy atom. The number of hydrogen-bond acceptors (Lipinski definition) is 9. The van der Waals surface area contributed by atoms with Crippen LogP contribution in [0.15, 0.2) is 24.4 Å². The summed E-state index contributed by atoms with van der Waals surface area (Å²) in [6.45, 7) is 10.3. The van der Waals surface area contributed by atoms with E-state index in [-0.39, 0.29) is 12.3 Å². The number of aryl methyl sites for hydroxylation is 1. The van der Waals surface area contributed by atoms with Crippen LogP contribution in [0.2, 0.25) is 0 Å². The molecule has 230 valence electrons. The van der Waals surface area contributed by atoms with E-state index in [1.165, 1.54) is 0 Å². The molecule has 2 fully saturated rings. The minimum Gasteiger partial charge on any atom is -0.444 e. The average Bonchev–Trinajstić information content (AvgIpc) is 3.33. The van der Waals surface area contributed by atoms with Crippen LogP contribution < -0.4 is 10.6 Å². The van der Waals surface area contributed by atoms with Crippen LogP contribution in [0.25, 0.3) is 6.08 Å². The topological polar surface area (TPSA) is 142 Å². The molecule has 3 heterocycles. The van der Waals surface area contributed by atoms with Crippen molar-refractivity contribution in [3.05, 3.63) is 46.8 Å². The summed E-state index contributed by atoms with van der Waals surface area (Å²) in [5, 5.41) is 20.9. The Morgan fingerprint density at radius 2 is 1.86 bits per heavy atom. The maximum absolute atomic E-state index is 13.1. The van der Waals surface area contributed by atoms with Crippen LogP contribution in [-0.4, -0.2) is 89.9 Å². The van der Waals surface area contributed by atoms with E-state index < -0.39 is 17.2 Å². The van der Waals surface area contributed by atoms with Gasteiger partial charge in [-0.2, -0.15) is 10.4 Å². The zero-order valence-corrected chi connectivity index (χ0v) is 25.6. The average molecular weight is 592 g/mol. The zero-order valence-electron chi connectivity index (χ0n) is 25.6. The van der Waals surface area contributed by atoms with Crippen LogP contribution >= 0.6 is 0 Å². The summed E-state index contributed by atoms with van der Waals surface area (Å²) in [6, 6.07) is 7.73. The first-order valence-corrected chi connectivity index (χ1v) is 14.5. The lowest BCUT2D eigenvalue weighted by atomic mass is 9.84. The molecule has 4 rings (SSSR count). The van der Waals surface area contributed by atoms with Crippen molar-refractivity contribution in [1.29, 1.82) is 5.26 Å². The molecule has 2 saturated heterocycles. The van der Waals surface area contributed by atoms with Gasteiger partial charge in [-0.05, 0) is 76.6 Å². The maximum atomic E-state index is 13.1. The number of morpholine rings is 1. The number of aldehydes is 1. The molecular weight excluding hydrogens is 550 g/mol. The lowest BCUT2D eigenvalue weighted by molar-refractivity contribution is 0.0105. The van der Waals surface area contributed by atoms with Crippen molar-refractivity contribution in [2.24, 2.45) is 0 Å². The number of nitriles is 1. The van der Waals surface area contributed by atoms with E-state index in [4.69, 9.17) is 14.6 Å². The number of nitrogens with zero attached hydrogens (tertiary/aromatic N) is 5. The van der Waals surface area contributed by atoms with Gasteiger partial charge in [0.1, 0.15) is 5.60 Å². The number of anilines is 2. The molecule has 0 saturated carbocycles. The summed E-state index contributed by atoms with van der Waals surface area (Å²) in [5.74, 6) is 0.296. The monoisotopic (exact) mass is 591 g/mol. The van der Waals surface area contributed by atoms with Crippen LogP contribution in [0, 0.1) is 18.3 Å². The third-order valence-corrected chi connectivity index (χ3v) is 7.71. The van der Waals surface area contributed by atoms with Gasteiger partial charge in [0, 0.05) is 44.5 Å². The van der Waals surface area contributed by atoms with Gasteiger partial charge in [-0.3, -0.25) is 14.3 Å². The van der Waals surface area contributed by atoms with Crippen molar-refractivity contribution < 1.29 is 23.9 Å². The molecule has 1 aromatic heterocycles. The number of ether oxygens (including phenoxy) is 2. The Labute approximate surface area is 252 Å². The number of hydrogen-bond donors (Lipinski definition) is 2. The predicted molar refractivity (Wildman–Crippen MR) is 162 cm³/mol. The summed E-state index contributed by atoms with van der Waals surface area (Å²) >= 11 is 0. The number of amides is 2. The molecule has 12 heteroatoms. The van der Waals surface area contributed by atoms with Crippen molar-refractivity contribution in [1.82, 2.24) is 24.9 Å². The molecule has 0 atom stereocenters. The number of piperidine rings is 1. The fourth-order valence-electron chi connectivity index (χ4n) is 5.43. The highest BCUT2D eigenvalue weighted by Crippen LogP contribution is 2.38. The first-order chi connectivity index (χ1) is 20.5. The number of benzene rings is 1. The number of carbonyl (C=O) groups excluding carboxylic acids is 3. The summed E-state index contributed by atoms with van der Waals surface area (Å²) < 4.78 is 12.7. The smallest absolute Gasteiger partial charge is 0.410 e. The van der Waals surface area contributed by atoms with Crippen LogP contribution in [-0.2, 0) is 15.0 Å². The quantitative estimate of drug-likeness (QED) is 0.435. The highest BCUT2D eigenvalue weighted by atomic mass is 16.6. The van der Waals surface area contributed by atoms with Gasteiger partial charge in [0.15, 0.2) is 12.1 Å². The maximum Gasteiger partial charge on any atom is 0.410 e. The van der Waals surface area contributed by atoms with Gasteiger partial charge >= 0.3 is 6.09 Å². The molecule has 1 aromatic carbocycles. The highest BCUT2D eigenvalue weighted by molar-refractivity contribution is 5.96. The van der Waals surface area contributed by atoms with Crippen molar-refractivity contribution >= 4 is 35.9 Å². The van der Waals surface area contributed by atoms with E-state index in [0.29, 0.717) is 80.6 Å². The largest absolute Gasteiger partial charge is 0.444 e. The Kier molecular flexibility index (Phi) is 9.76. The van der Waals surface area contributed by atoms with E-state index in [1.807, 2.05) is 33.8 Å². The minimum absolute atomic E-state index is 0.0409. The number of nitrogens with one attached hydrogen (secondary N) is 2. The normalized spacial score (nSPS) is 16.9. The molecule has 12 nitrogen and oxygen atoms in total. The molecule has 0 unspecified atom stereocenters. The van der Waals surface area contributed by atoms with Crippen molar-refractivity contribution in [3.8, 4) is 6.07 Å². The molecule has 2 aliphatic heterocycles. The SMILES string of the molecule is CN/C=C\c1c(C=O)c(Nc2ccc(C(=O)N3CCOCC3)c(C)c2)nn1C1(CC#N)CCN(C(=O)OC(C)(C)C)CC1. The van der Waals surface area contributed by atoms with Crippen molar-refractivity contribution in [2.45, 2.75) is 58.1 Å². The second kappa shape index (κ2) is 13.3. The van der Waals surface area contributed by atoms with Gasteiger partial charge in [0.2, 0.25) is 0 Å². The van der Waals surface area contributed by atoms with Gasteiger partial charge < -0.3 is 29.9 Å². The van der Waals surface area contributed by atoms with Crippen LogP contribution in [0.4, 0.5) is 16.3 Å². The fourth-order valence-corrected chi connectivity index (χ4v) is 5.43. The van der Waals surface area contributed by atoms with E-state index in [9.17, 15) is 19.6 Å². The number of aromatic nitrogens is 2. The lowest BCUT2D eigenvalue weighted by Crippen LogP contribution is -2.49. The van der Waals surface area contributed by atoms with Gasteiger partial charge in [-0.15, -0.1) is 0 Å². The Morgan fingerprint density at radius 1 is 1.16 bits per heavy atom. The van der Waals surface area contributed by atoms with E-state index in [2.05, 4.69) is 16.7 Å². The molecule has 0 radical (unpaired) electrons. The molecule has 0 bridgehead atoms. The summed E-state index contributed by atoms with van der Waals surface area (Å²) in [7, 11) is 1.75. The molecule has 2 N–H and O–H groups in total. The van der Waals surface area contributed by atoms with Crippen LogP contribution in [0.5, 0.6) is 0 Å². The molecule has 43 heavy (non-hydrogen) atoms. The third kappa shape index (κ3) is 7.17. The predicted octanol–water partition coefficient (Wildman–Crippen LogP) is 4.05. The first-order valence-electron chi connectivity index (χ1n) is 14.5. The van der Waals surface area contributed by atoms with Crippen molar-refractivity contribution in [3.63, 3.8) is 0 Å². The van der Waals surface area contributed by atoms with Crippen LogP contribution in [0.1, 0.15) is 72.0 Å². The molecule has 0 spiro atoms. The summed E-state index contributed by atoms with van der Waals surface area (Å²) in [6.07, 6.45) is 4.88. The fraction of sp³-hybridized carbons (Fsp3) is 0.516. The molecular formula is C31H41N7O5. The molecule has 2 amide bonds. The molecule has 2 aromatic rings. The number of rotatable bonds is 8. The standard InChI is InChI=1S/C31H41N7O5/c1-22-20-23(6-7-24(22)28(40)36-16-18-42-19-17-36)34-27-25(21-39)26(8-13-33-5)38(35-27)31(9-12-32)10-14-37(15-11-31)29(41)43-30(2,3)4/h6-8,13,20-21,33H,9-11,14-19H2,1-5H3,(H,34,35)/b13-8-. The van der Waals surface area contributed by atoms with E-state index >= 15 is 0 Å². The summed E-state index contributed by atoms with van der Waals surface area (Å²) in [4.78, 5) is 41.7. The Hall–Kier alpha value is -4.37. The Bertz CT molecular complexity index is 1400. The highest BCUT2D eigenvalue weighted by Gasteiger charge is 2.41. The molecule has 0 aliphatic carbocycles. The van der Waals surface area contributed by atoms with E-state index in [0.717, 1.165) is 11.8 Å². The van der Waals surface area contributed by atoms with Crippen molar-refractivity contribution in [2.75, 3.05) is 51.8 Å². The molecule has 2 aliphatic rings. The number of carbonyl (C=O) groups is 3. The lowest BCUT2D eigenvalue weighted by Gasteiger charge is -2.41. The van der Waals surface area contributed by atoms with Gasteiger partial charge in [-0.1, -0.05) is 0 Å². The van der Waals surface area contributed by atoms with Crippen LogP contribution in [0.3, 0.4) is 0 Å². The van der Waals surface area contributed by atoms with E-state index in [1.54, 1.807) is 45.9 Å². The zero-order chi connectivity index (χ0) is 31.2.